The zero-order valence-electron chi connectivity index (χ0n) is 16.9. The highest BCUT2D eigenvalue weighted by atomic mass is 19.1. The third-order valence-corrected chi connectivity index (χ3v) is 5.11. The smallest absolute Gasteiger partial charge is 0.238 e. The molecule has 0 saturated carbocycles. The molecule has 0 unspecified atom stereocenters. The van der Waals surface area contributed by atoms with E-state index in [2.05, 4.69) is 35.0 Å². The monoisotopic (exact) mass is 387 g/mol. The fraction of sp³-hybridized carbons (Fsp3) is 0.217. The van der Waals surface area contributed by atoms with Crippen LogP contribution in [0.1, 0.15) is 36.6 Å². The summed E-state index contributed by atoms with van der Waals surface area (Å²) >= 11 is 0. The lowest BCUT2D eigenvalue weighted by Crippen LogP contribution is -2.22. The molecule has 0 bridgehead atoms. The summed E-state index contributed by atoms with van der Waals surface area (Å²) in [6.45, 7) is 8.09. The topological polar surface area (TPSA) is 56.5 Å². The molecule has 0 amide bonds. The summed E-state index contributed by atoms with van der Waals surface area (Å²) in [5.41, 5.74) is 5.34. The molecule has 0 fully saturated rings. The summed E-state index contributed by atoms with van der Waals surface area (Å²) in [6, 6.07) is 15.2. The van der Waals surface area contributed by atoms with Gasteiger partial charge in [-0.3, -0.25) is 9.97 Å². The van der Waals surface area contributed by atoms with Crippen molar-refractivity contribution in [3.63, 3.8) is 0 Å². The molecule has 4 aromatic rings. The van der Waals surface area contributed by atoms with Gasteiger partial charge in [-0.2, -0.15) is 9.49 Å². The Labute approximate surface area is 169 Å². The first-order chi connectivity index (χ1) is 13.9. The van der Waals surface area contributed by atoms with Crippen LogP contribution >= 0.6 is 0 Å². The maximum absolute atomic E-state index is 14.0. The quantitative estimate of drug-likeness (QED) is 0.472. The second-order valence-corrected chi connectivity index (χ2v) is 7.58. The number of aromatic nitrogens is 5. The first-order valence-electron chi connectivity index (χ1n) is 9.45. The lowest BCUT2D eigenvalue weighted by Gasteiger charge is -2.22. The van der Waals surface area contributed by atoms with Crippen LogP contribution in [-0.2, 0) is 5.41 Å². The van der Waals surface area contributed by atoms with Crippen LogP contribution < -0.4 is 0 Å². The van der Waals surface area contributed by atoms with Crippen LogP contribution in [-0.4, -0.2) is 24.7 Å². The van der Waals surface area contributed by atoms with E-state index in [1.165, 1.54) is 10.9 Å². The van der Waals surface area contributed by atoms with Gasteiger partial charge in [-0.1, -0.05) is 6.07 Å². The maximum Gasteiger partial charge on any atom is 0.238 e. The van der Waals surface area contributed by atoms with Crippen LogP contribution in [0.3, 0.4) is 0 Å². The summed E-state index contributed by atoms with van der Waals surface area (Å²) in [4.78, 5) is 13.2. The predicted molar refractivity (Wildman–Crippen MR) is 110 cm³/mol. The number of aryl methyl sites for hydroxylation is 2. The number of hydrogen-bond donors (Lipinski definition) is 0. The Balaban J connectivity index is 1.72. The van der Waals surface area contributed by atoms with E-state index in [-0.39, 0.29) is 0 Å². The predicted octanol–water partition coefficient (Wildman–Crippen LogP) is 4.81. The van der Waals surface area contributed by atoms with Gasteiger partial charge in [-0.15, -0.1) is 0 Å². The van der Waals surface area contributed by atoms with Crippen molar-refractivity contribution in [2.24, 2.45) is 0 Å². The largest absolute Gasteiger partial charge is 0.258 e. The van der Waals surface area contributed by atoms with Gasteiger partial charge in [-0.05, 0) is 70.2 Å². The zero-order chi connectivity index (χ0) is 20.6. The van der Waals surface area contributed by atoms with E-state index >= 15 is 0 Å². The Kier molecular flexibility index (Phi) is 4.70. The van der Waals surface area contributed by atoms with E-state index in [4.69, 9.17) is 4.98 Å². The Hall–Kier alpha value is -3.41. The van der Waals surface area contributed by atoms with Gasteiger partial charge in [0.2, 0.25) is 5.95 Å². The Bertz CT molecular complexity index is 1180. The molecular formula is C23H22FN5. The highest BCUT2D eigenvalue weighted by Gasteiger charge is 2.28. The Morgan fingerprint density at radius 2 is 1.72 bits per heavy atom. The molecule has 5 nitrogen and oxygen atoms in total. The number of pyridine rings is 3. The Morgan fingerprint density at radius 3 is 2.48 bits per heavy atom. The molecule has 0 radical (unpaired) electrons. The molecule has 0 aromatic carbocycles. The molecule has 0 spiro atoms. The van der Waals surface area contributed by atoms with Crippen LogP contribution in [0, 0.1) is 19.8 Å². The third-order valence-electron chi connectivity index (χ3n) is 5.11. The minimum Gasteiger partial charge on any atom is -0.258 e. The van der Waals surface area contributed by atoms with E-state index in [1.54, 1.807) is 18.3 Å². The number of rotatable bonds is 4. The normalized spacial score (nSPS) is 11.6. The van der Waals surface area contributed by atoms with E-state index in [1.807, 2.05) is 44.2 Å². The molecule has 4 rings (SSSR count). The van der Waals surface area contributed by atoms with Gasteiger partial charge in [-0.25, -0.2) is 9.67 Å². The van der Waals surface area contributed by atoms with Gasteiger partial charge in [0.1, 0.15) is 5.69 Å². The van der Waals surface area contributed by atoms with Crippen molar-refractivity contribution in [2.75, 3.05) is 0 Å². The van der Waals surface area contributed by atoms with Crippen molar-refractivity contribution in [2.45, 2.75) is 33.1 Å². The molecule has 6 heteroatoms. The molecule has 0 N–H and O–H groups in total. The molecule has 4 heterocycles. The minimum atomic E-state index is -0.553. The lowest BCUT2D eigenvalue weighted by atomic mass is 9.85. The average Bonchev–Trinajstić information content (AvgIpc) is 3.19. The molecule has 29 heavy (non-hydrogen) atoms. The van der Waals surface area contributed by atoms with Crippen molar-refractivity contribution >= 4 is 0 Å². The first-order valence-corrected chi connectivity index (χ1v) is 9.45. The standard InChI is InChI=1S/C23H22FN5/c1-15-10-11-17(16(2)26-15)18-7-5-9-20(27-18)23(3,4)21-12-14-29(28-21)19-8-6-13-25-22(19)24/h5-14H,1-4H3. The molecular weight excluding hydrogens is 365 g/mol. The van der Waals surface area contributed by atoms with Crippen molar-refractivity contribution in [1.82, 2.24) is 24.7 Å². The van der Waals surface area contributed by atoms with Crippen molar-refractivity contribution in [1.29, 1.82) is 0 Å². The van der Waals surface area contributed by atoms with Crippen molar-refractivity contribution in [3.05, 3.63) is 89.6 Å². The van der Waals surface area contributed by atoms with E-state index < -0.39 is 11.4 Å². The highest BCUT2D eigenvalue weighted by Crippen LogP contribution is 2.31. The molecule has 0 aliphatic heterocycles. The number of hydrogen-bond acceptors (Lipinski definition) is 4. The van der Waals surface area contributed by atoms with Gasteiger partial charge in [0.15, 0.2) is 0 Å². The average molecular weight is 387 g/mol. The lowest BCUT2D eigenvalue weighted by molar-refractivity contribution is 0.557. The van der Waals surface area contributed by atoms with Crippen LogP contribution in [0.4, 0.5) is 4.39 Å². The van der Waals surface area contributed by atoms with Gasteiger partial charge in [0, 0.05) is 29.3 Å². The third kappa shape index (κ3) is 3.53. The minimum absolute atomic E-state index is 0.317. The summed E-state index contributed by atoms with van der Waals surface area (Å²) in [5, 5.41) is 4.61. The van der Waals surface area contributed by atoms with E-state index in [9.17, 15) is 4.39 Å². The van der Waals surface area contributed by atoms with Crippen molar-refractivity contribution in [3.8, 4) is 16.9 Å². The number of halogens is 1. The summed E-state index contributed by atoms with van der Waals surface area (Å²) in [6.07, 6.45) is 3.17. The van der Waals surface area contributed by atoms with Crippen LogP contribution in [0.5, 0.6) is 0 Å². The second-order valence-electron chi connectivity index (χ2n) is 7.58. The molecule has 0 atom stereocenters. The van der Waals surface area contributed by atoms with Crippen LogP contribution in [0.2, 0.25) is 0 Å². The van der Waals surface area contributed by atoms with Crippen LogP contribution in [0.15, 0.2) is 60.9 Å². The molecule has 0 aliphatic rings. The SMILES string of the molecule is Cc1ccc(-c2cccc(C(C)(C)c3ccn(-c4cccnc4F)n3)n2)c(C)n1. The van der Waals surface area contributed by atoms with E-state index in [0.29, 0.717) is 5.69 Å². The second kappa shape index (κ2) is 7.20. The maximum atomic E-state index is 14.0. The van der Waals surface area contributed by atoms with Gasteiger partial charge >= 0.3 is 0 Å². The fourth-order valence-corrected chi connectivity index (χ4v) is 3.36. The number of nitrogens with zero attached hydrogens (tertiary/aromatic N) is 5. The highest BCUT2D eigenvalue weighted by molar-refractivity contribution is 5.62. The zero-order valence-corrected chi connectivity index (χ0v) is 16.9. The van der Waals surface area contributed by atoms with Crippen LogP contribution in [0.25, 0.3) is 16.9 Å². The molecule has 0 aliphatic carbocycles. The molecule has 146 valence electrons. The summed E-state index contributed by atoms with van der Waals surface area (Å²) in [7, 11) is 0. The molecule has 0 saturated heterocycles. The first kappa shape index (κ1) is 18.9. The van der Waals surface area contributed by atoms with Crippen molar-refractivity contribution < 1.29 is 4.39 Å². The fourth-order valence-electron chi connectivity index (χ4n) is 3.36. The Morgan fingerprint density at radius 1 is 0.897 bits per heavy atom. The molecule has 4 aromatic heterocycles. The van der Waals surface area contributed by atoms with Gasteiger partial charge in [0.05, 0.1) is 22.5 Å². The van der Waals surface area contributed by atoms with Gasteiger partial charge < -0.3 is 0 Å². The summed E-state index contributed by atoms with van der Waals surface area (Å²) in [5.74, 6) is -0.553. The van der Waals surface area contributed by atoms with E-state index in [0.717, 1.165) is 34.0 Å². The van der Waals surface area contributed by atoms with Gasteiger partial charge in [0.25, 0.3) is 0 Å². The summed E-state index contributed by atoms with van der Waals surface area (Å²) < 4.78 is 15.5.